The number of nitrogens with one attached hydrogen (secondary N) is 3. The molecule has 1 aliphatic heterocycles. The number of primary amides is 1. The SMILES string of the molecule is CC(C)[C@H](NC(=O)N[C@H](C(=O)N1CCC(C(Cl)Cl)[C@H]1C(=O)NC(CC1CC1)C(=O)C(N)=O)C(C)(C)C)C(=O)OC1Cc2ccccc2C1. The summed E-state index contributed by atoms with van der Waals surface area (Å²) in [7, 11) is 0. The Kier molecular flexibility index (Phi) is 12.0. The molecule has 0 bridgehead atoms. The number of nitrogens with zero attached hydrogens (tertiary/aromatic N) is 1. The van der Waals surface area contributed by atoms with E-state index in [9.17, 15) is 28.8 Å². The number of hydrogen-bond acceptors (Lipinski definition) is 7. The lowest BCUT2D eigenvalue weighted by atomic mass is 9.85. The highest BCUT2D eigenvalue weighted by Crippen LogP contribution is 2.36. The van der Waals surface area contributed by atoms with Crippen LogP contribution in [0.25, 0.3) is 0 Å². The molecular formula is C34H47Cl2N5O7. The third-order valence-corrected chi connectivity index (χ3v) is 10.0. The summed E-state index contributed by atoms with van der Waals surface area (Å²) in [6.45, 7) is 8.94. The maximum atomic E-state index is 14.2. The Balaban J connectivity index is 1.47. The van der Waals surface area contributed by atoms with Gasteiger partial charge in [-0.25, -0.2) is 9.59 Å². The number of rotatable bonds is 13. The minimum atomic E-state index is -1.18. The van der Waals surface area contributed by atoms with Crippen LogP contribution in [0.3, 0.4) is 0 Å². The molecule has 0 spiro atoms. The van der Waals surface area contributed by atoms with E-state index in [1.165, 1.54) is 4.90 Å². The van der Waals surface area contributed by atoms with Crippen molar-refractivity contribution in [1.82, 2.24) is 20.9 Å². The van der Waals surface area contributed by atoms with Gasteiger partial charge in [-0.05, 0) is 41.2 Å². The lowest BCUT2D eigenvalue weighted by molar-refractivity contribution is -0.152. The zero-order chi connectivity index (χ0) is 35.5. The minimum Gasteiger partial charge on any atom is -0.460 e. The molecule has 5 amide bonds. The van der Waals surface area contributed by atoms with Crippen molar-refractivity contribution >= 4 is 58.7 Å². The first-order valence-electron chi connectivity index (χ1n) is 16.5. The lowest BCUT2D eigenvalue weighted by Gasteiger charge is -2.37. The number of fused-ring (bicyclic) bond motifs is 1. The van der Waals surface area contributed by atoms with Crippen LogP contribution in [0, 0.1) is 23.2 Å². The largest absolute Gasteiger partial charge is 0.460 e. The Morgan fingerprint density at radius 3 is 2.06 bits per heavy atom. The molecule has 5 N–H and O–H groups in total. The standard InChI is InChI=1S/C34H47Cl2N5O7/c1-17(2)24(32(46)48-21-15-19-8-6-7-9-20(19)16-21)39-33(47)40-27(34(3,4)5)31(45)41-13-12-22(28(35)36)25(41)30(44)38-23(14-18-10-11-18)26(42)29(37)43/h6-9,17-18,21-25,27-28H,10-16H2,1-5H3,(H2,37,43)(H,38,44)(H2,39,40,47)/t22?,23?,24-,25-,27+/m0/s1. The second kappa shape index (κ2) is 15.4. The summed E-state index contributed by atoms with van der Waals surface area (Å²) in [6, 6.07) is 2.69. The van der Waals surface area contributed by atoms with Crippen LogP contribution in [0.4, 0.5) is 4.79 Å². The molecule has 14 heteroatoms. The molecule has 1 saturated heterocycles. The van der Waals surface area contributed by atoms with Gasteiger partial charge in [-0.2, -0.15) is 0 Å². The van der Waals surface area contributed by atoms with Gasteiger partial charge in [-0.1, -0.05) is 71.7 Å². The molecule has 1 aromatic carbocycles. The Bertz CT molecular complexity index is 1390. The molecule has 1 aromatic rings. The number of benzene rings is 1. The summed E-state index contributed by atoms with van der Waals surface area (Å²) in [5, 5.41) is 8.06. The molecule has 0 aromatic heterocycles. The highest BCUT2D eigenvalue weighted by molar-refractivity contribution is 6.44. The number of ether oxygens (including phenoxy) is 1. The van der Waals surface area contributed by atoms with Crippen molar-refractivity contribution in [3.63, 3.8) is 0 Å². The van der Waals surface area contributed by atoms with E-state index in [1.54, 1.807) is 34.6 Å². The van der Waals surface area contributed by atoms with Gasteiger partial charge < -0.3 is 31.3 Å². The van der Waals surface area contributed by atoms with Crippen LogP contribution >= 0.6 is 23.2 Å². The molecule has 4 rings (SSSR count). The van der Waals surface area contributed by atoms with Crippen LogP contribution < -0.4 is 21.7 Å². The predicted molar refractivity (Wildman–Crippen MR) is 180 cm³/mol. The fourth-order valence-corrected chi connectivity index (χ4v) is 7.00. The second-order valence-electron chi connectivity index (χ2n) is 14.6. The van der Waals surface area contributed by atoms with Gasteiger partial charge in [0, 0.05) is 25.3 Å². The monoisotopic (exact) mass is 707 g/mol. The average Bonchev–Trinajstić information content (AvgIpc) is 3.54. The maximum Gasteiger partial charge on any atom is 0.329 e. The van der Waals surface area contributed by atoms with Gasteiger partial charge in [0.25, 0.3) is 5.91 Å². The topological polar surface area (TPSA) is 177 Å². The number of alkyl halides is 2. The average molecular weight is 709 g/mol. The summed E-state index contributed by atoms with van der Waals surface area (Å²) in [5.41, 5.74) is 6.66. The molecule has 1 heterocycles. The number of esters is 1. The molecule has 2 fully saturated rings. The zero-order valence-corrected chi connectivity index (χ0v) is 29.6. The Morgan fingerprint density at radius 1 is 0.958 bits per heavy atom. The van der Waals surface area contributed by atoms with E-state index in [2.05, 4.69) is 16.0 Å². The van der Waals surface area contributed by atoms with Crippen molar-refractivity contribution in [3.8, 4) is 0 Å². The number of halogens is 2. The van der Waals surface area contributed by atoms with Crippen LogP contribution in [0.2, 0.25) is 0 Å². The van der Waals surface area contributed by atoms with Crippen molar-refractivity contribution in [3.05, 3.63) is 35.4 Å². The third-order valence-electron chi connectivity index (χ3n) is 9.35. The first-order valence-corrected chi connectivity index (χ1v) is 17.4. The molecule has 1 saturated carbocycles. The van der Waals surface area contributed by atoms with E-state index in [4.69, 9.17) is 33.7 Å². The number of hydrogen-bond donors (Lipinski definition) is 4. The van der Waals surface area contributed by atoms with Gasteiger partial charge in [0.2, 0.25) is 17.6 Å². The maximum absolute atomic E-state index is 14.2. The number of carbonyl (C=O) groups excluding carboxylic acids is 6. The number of nitrogens with two attached hydrogens (primary N) is 1. The normalized spacial score (nSPS) is 21.3. The van der Waals surface area contributed by atoms with E-state index in [0.717, 1.165) is 24.0 Å². The Morgan fingerprint density at radius 2 is 1.56 bits per heavy atom. The molecule has 12 nitrogen and oxygen atoms in total. The van der Waals surface area contributed by atoms with Crippen molar-refractivity contribution in [2.45, 2.75) is 108 Å². The van der Waals surface area contributed by atoms with Gasteiger partial charge in [-0.3, -0.25) is 19.2 Å². The molecule has 2 aliphatic carbocycles. The van der Waals surface area contributed by atoms with Crippen LogP contribution in [0.15, 0.2) is 24.3 Å². The van der Waals surface area contributed by atoms with Crippen LogP contribution in [0.5, 0.6) is 0 Å². The Labute approximate surface area is 291 Å². The van der Waals surface area contributed by atoms with E-state index in [0.29, 0.717) is 12.8 Å². The van der Waals surface area contributed by atoms with Gasteiger partial charge >= 0.3 is 12.0 Å². The van der Waals surface area contributed by atoms with Gasteiger partial charge in [0.1, 0.15) is 29.1 Å². The van der Waals surface area contributed by atoms with Crippen molar-refractivity contribution in [2.75, 3.05) is 6.54 Å². The zero-order valence-electron chi connectivity index (χ0n) is 28.1. The van der Waals surface area contributed by atoms with Crippen LogP contribution in [0.1, 0.15) is 71.4 Å². The summed E-state index contributed by atoms with van der Waals surface area (Å²) in [6.07, 6.45) is 3.11. The molecule has 48 heavy (non-hydrogen) atoms. The number of likely N-dealkylation sites (tertiary alicyclic amines) is 1. The van der Waals surface area contributed by atoms with Crippen LogP contribution in [-0.2, 0) is 41.6 Å². The first kappa shape index (κ1) is 37.4. The number of carbonyl (C=O) groups is 6. The van der Waals surface area contributed by atoms with Gasteiger partial charge in [0.15, 0.2) is 0 Å². The lowest BCUT2D eigenvalue weighted by Crippen LogP contribution is -2.62. The second-order valence-corrected chi connectivity index (χ2v) is 15.8. The quantitative estimate of drug-likeness (QED) is 0.138. The molecule has 3 aliphatic rings. The summed E-state index contributed by atoms with van der Waals surface area (Å²) >= 11 is 12.6. The highest BCUT2D eigenvalue weighted by Gasteiger charge is 2.49. The molecule has 2 unspecified atom stereocenters. The summed E-state index contributed by atoms with van der Waals surface area (Å²) in [5.74, 6) is -4.73. The van der Waals surface area contributed by atoms with E-state index in [1.807, 2.05) is 24.3 Å². The highest BCUT2D eigenvalue weighted by atomic mass is 35.5. The smallest absolute Gasteiger partial charge is 0.329 e. The van der Waals surface area contributed by atoms with Crippen LogP contribution in [-0.4, -0.2) is 82.1 Å². The van der Waals surface area contributed by atoms with E-state index < -0.39 is 75.8 Å². The van der Waals surface area contributed by atoms with Crippen molar-refractivity contribution < 1.29 is 33.5 Å². The first-order chi connectivity index (χ1) is 22.5. The fraction of sp³-hybridized carbons (Fsp3) is 0.647. The summed E-state index contributed by atoms with van der Waals surface area (Å²) < 4.78 is 5.81. The number of amides is 5. The van der Waals surface area contributed by atoms with Crippen molar-refractivity contribution in [1.29, 1.82) is 0 Å². The molecule has 0 radical (unpaired) electrons. The third kappa shape index (κ3) is 9.19. The van der Waals surface area contributed by atoms with Gasteiger partial charge in [-0.15, -0.1) is 23.2 Å². The summed E-state index contributed by atoms with van der Waals surface area (Å²) in [4.78, 5) is 79.2. The fourth-order valence-electron chi connectivity index (χ4n) is 6.48. The number of urea groups is 1. The predicted octanol–water partition coefficient (Wildman–Crippen LogP) is 2.80. The van der Waals surface area contributed by atoms with Crippen molar-refractivity contribution in [2.24, 2.45) is 28.9 Å². The van der Waals surface area contributed by atoms with Gasteiger partial charge in [0.05, 0.1) is 6.04 Å². The Hall–Kier alpha value is -3.38. The molecule has 5 atom stereocenters. The number of ketones is 1. The molecule has 264 valence electrons. The minimum absolute atomic E-state index is 0.106. The molecular weight excluding hydrogens is 661 g/mol. The van der Waals surface area contributed by atoms with E-state index >= 15 is 0 Å². The number of Topliss-reactive ketones (excluding diaryl/α,β-unsaturated/α-hetero) is 1. The van der Waals surface area contributed by atoms with E-state index in [-0.39, 0.29) is 37.3 Å².